The first-order valence-corrected chi connectivity index (χ1v) is 12.8. The van der Waals surface area contributed by atoms with Crippen molar-refractivity contribution in [2.24, 2.45) is 5.92 Å². The SMILES string of the molecule is CN(CCC1CCNCC1)C(=O)c1ccc2c(c1)N[C@@H](CC(=O)O)C(=O)N(CCc1ccccc1)C2. The number of nitrogens with one attached hydrogen (secondary N) is 2. The van der Waals surface area contributed by atoms with Gasteiger partial charge in [0.15, 0.2) is 0 Å². The van der Waals surface area contributed by atoms with Gasteiger partial charge >= 0.3 is 5.97 Å². The highest BCUT2D eigenvalue weighted by Crippen LogP contribution is 2.27. The van der Waals surface area contributed by atoms with E-state index in [-0.39, 0.29) is 18.2 Å². The molecule has 2 aromatic carbocycles. The second-order valence-electron chi connectivity index (χ2n) is 9.87. The number of carboxylic acid groups (broad SMARTS) is 1. The Morgan fingerprint density at radius 1 is 1.11 bits per heavy atom. The van der Waals surface area contributed by atoms with E-state index in [1.807, 2.05) is 43.4 Å². The van der Waals surface area contributed by atoms with E-state index in [2.05, 4.69) is 10.6 Å². The van der Waals surface area contributed by atoms with Crippen molar-refractivity contribution in [3.63, 3.8) is 0 Å². The molecule has 1 atom stereocenters. The smallest absolute Gasteiger partial charge is 0.305 e. The van der Waals surface area contributed by atoms with E-state index in [0.29, 0.717) is 43.2 Å². The number of fused-ring (bicyclic) bond motifs is 1. The standard InChI is InChI=1S/C28H36N4O4/c1-31(15-11-21-9-13-29-14-10-21)27(35)22-7-8-23-19-32(16-12-20-5-3-2-4-6-20)28(36)25(18-26(33)34)30-24(23)17-22/h2-8,17,21,25,29-30H,9-16,18-19H2,1H3,(H,33,34)/t25-/m0/s1. The van der Waals surface area contributed by atoms with Gasteiger partial charge in [0.1, 0.15) is 6.04 Å². The third-order valence-electron chi connectivity index (χ3n) is 7.23. The molecule has 4 rings (SSSR count). The van der Waals surface area contributed by atoms with Crippen LogP contribution in [-0.4, -0.2) is 72.0 Å². The molecule has 36 heavy (non-hydrogen) atoms. The van der Waals surface area contributed by atoms with E-state index < -0.39 is 12.0 Å². The molecule has 3 N–H and O–H groups in total. The van der Waals surface area contributed by atoms with E-state index in [0.717, 1.165) is 43.5 Å². The number of benzene rings is 2. The Bertz CT molecular complexity index is 1070. The highest BCUT2D eigenvalue weighted by molar-refractivity contribution is 5.96. The third kappa shape index (κ3) is 6.63. The highest BCUT2D eigenvalue weighted by Gasteiger charge is 2.31. The number of hydrogen-bond donors (Lipinski definition) is 3. The van der Waals surface area contributed by atoms with E-state index in [4.69, 9.17) is 0 Å². The molecule has 2 aliphatic rings. The van der Waals surface area contributed by atoms with E-state index in [1.165, 1.54) is 0 Å². The van der Waals surface area contributed by atoms with Crippen molar-refractivity contribution in [3.8, 4) is 0 Å². The predicted molar refractivity (Wildman–Crippen MR) is 139 cm³/mol. The summed E-state index contributed by atoms with van der Waals surface area (Å²) in [5, 5.41) is 15.9. The van der Waals surface area contributed by atoms with Crippen LogP contribution in [0.25, 0.3) is 0 Å². The number of hydrogen-bond acceptors (Lipinski definition) is 5. The van der Waals surface area contributed by atoms with Crippen LogP contribution in [-0.2, 0) is 22.6 Å². The lowest BCUT2D eigenvalue weighted by Gasteiger charge is -2.25. The van der Waals surface area contributed by atoms with Gasteiger partial charge in [-0.15, -0.1) is 0 Å². The second kappa shape index (κ2) is 12.0. The third-order valence-corrected chi connectivity index (χ3v) is 7.23. The Balaban J connectivity index is 1.48. The Morgan fingerprint density at radius 3 is 2.58 bits per heavy atom. The minimum Gasteiger partial charge on any atom is -0.481 e. The Morgan fingerprint density at radius 2 is 1.86 bits per heavy atom. The summed E-state index contributed by atoms with van der Waals surface area (Å²) >= 11 is 0. The molecule has 192 valence electrons. The molecule has 0 aliphatic carbocycles. The number of carbonyl (C=O) groups is 3. The largest absolute Gasteiger partial charge is 0.481 e. The van der Waals surface area contributed by atoms with Gasteiger partial charge in [-0.25, -0.2) is 0 Å². The second-order valence-corrected chi connectivity index (χ2v) is 9.87. The number of piperidine rings is 1. The molecule has 0 unspecified atom stereocenters. The topological polar surface area (TPSA) is 102 Å². The van der Waals surface area contributed by atoms with Crippen LogP contribution in [0.4, 0.5) is 5.69 Å². The first kappa shape index (κ1) is 25.7. The van der Waals surface area contributed by atoms with Crippen molar-refractivity contribution < 1.29 is 19.5 Å². The van der Waals surface area contributed by atoms with Crippen molar-refractivity contribution >= 4 is 23.5 Å². The van der Waals surface area contributed by atoms with Crippen molar-refractivity contribution in [2.45, 2.75) is 44.7 Å². The van der Waals surface area contributed by atoms with Gasteiger partial charge in [0.25, 0.3) is 5.91 Å². The lowest BCUT2D eigenvalue weighted by atomic mass is 9.94. The summed E-state index contributed by atoms with van der Waals surface area (Å²) in [7, 11) is 1.82. The van der Waals surface area contributed by atoms with Crippen molar-refractivity contribution in [3.05, 3.63) is 65.2 Å². The molecule has 8 heteroatoms. The summed E-state index contributed by atoms with van der Waals surface area (Å²) in [6, 6.07) is 14.5. The van der Waals surface area contributed by atoms with Crippen molar-refractivity contribution in [1.82, 2.24) is 15.1 Å². The molecule has 2 aliphatic heterocycles. The summed E-state index contributed by atoms with van der Waals surface area (Å²) in [6.07, 6.45) is 3.63. The maximum atomic E-state index is 13.3. The number of anilines is 1. The maximum absolute atomic E-state index is 13.3. The molecule has 0 bridgehead atoms. The van der Waals surface area contributed by atoms with Crippen LogP contribution in [0.15, 0.2) is 48.5 Å². The van der Waals surface area contributed by atoms with Gasteiger partial charge in [-0.05, 0) is 68.0 Å². The van der Waals surface area contributed by atoms with Gasteiger partial charge in [-0.2, -0.15) is 0 Å². The van der Waals surface area contributed by atoms with Crippen molar-refractivity contribution in [1.29, 1.82) is 0 Å². The Labute approximate surface area is 212 Å². The summed E-state index contributed by atoms with van der Waals surface area (Å²) in [5.74, 6) is -0.714. The normalized spacial score (nSPS) is 18.2. The number of aliphatic carboxylic acids is 1. The van der Waals surface area contributed by atoms with Crippen LogP contribution in [0, 0.1) is 5.92 Å². The minimum atomic E-state index is -1.04. The lowest BCUT2D eigenvalue weighted by molar-refractivity contribution is -0.141. The number of nitrogens with zero attached hydrogens (tertiary/aromatic N) is 2. The van der Waals surface area contributed by atoms with Crippen LogP contribution >= 0.6 is 0 Å². The molecular weight excluding hydrogens is 456 g/mol. The minimum absolute atomic E-state index is 0.0696. The van der Waals surface area contributed by atoms with E-state index in [9.17, 15) is 19.5 Å². The molecule has 0 radical (unpaired) electrons. The molecule has 0 aromatic heterocycles. The van der Waals surface area contributed by atoms with Gasteiger partial charge in [0.05, 0.1) is 6.42 Å². The van der Waals surface area contributed by atoms with Gasteiger partial charge < -0.3 is 25.5 Å². The molecule has 1 saturated heterocycles. The van der Waals surface area contributed by atoms with E-state index in [1.54, 1.807) is 21.9 Å². The Kier molecular flexibility index (Phi) is 8.59. The zero-order chi connectivity index (χ0) is 25.5. The first-order chi connectivity index (χ1) is 17.4. The highest BCUT2D eigenvalue weighted by atomic mass is 16.4. The van der Waals surface area contributed by atoms with Crippen LogP contribution in [0.3, 0.4) is 0 Å². The molecule has 2 aromatic rings. The van der Waals surface area contributed by atoms with Gasteiger partial charge in [0, 0.05) is 37.9 Å². The fraction of sp³-hybridized carbons (Fsp3) is 0.464. The van der Waals surface area contributed by atoms with Crippen LogP contribution < -0.4 is 10.6 Å². The fourth-order valence-electron chi connectivity index (χ4n) is 5.01. The summed E-state index contributed by atoms with van der Waals surface area (Å²) in [6.45, 7) is 3.63. The molecule has 1 fully saturated rings. The van der Waals surface area contributed by atoms with Crippen molar-refractivity contribution in [2.75, 3.05) is 38.5 Å². The number of carboxylic acids is 1. The quantitative estimate of drug-likeness (QED) is 0.498. The average Bonchev–Trinajstić information content (AvgIpc) is 3.02. The van der Waals surface area contributed by atoms with Crippen LogP contribution in [0.5, 0.6) is 0 Å². The molecule has 0 spiro atoms. The Hall–Kier alpha value is -3.39. The molecular formula is C28H36N4O4. The zero-order valence-corrected chi connectivity index (χ0v) is 20.9. The van der Waals surface area contributed by atoms with Gasteiger partial charge in [0.2, 0.25) is 5.91 Å². The molecule has 0 saturated carbocycles. The monoisotopic (exact) mass is 492 g/mol. The first-order valence-electron chi connectivity index (χ1n) is 12.8. The van der Waals surface area contributed by atoms with Crippen LogP contribution in [0.1, 0.15) is 47.2 Å². The van der Waals surface area contributed by atoms with Gasteiger partial charge in [-0.3, -0.25) is 14.4 Å². The number of carbonyl (C=O) groups excluding carboxylic acids is 2. The fourth-order valence-corrected chi connectivity index (χ4v) is 5.01. The maximum Gasteiger partial charge on any atom is 0.305 e. The summed E-state index contributed by atoms with van der Waals surface area (Å²) in [4.78, 5) is 41.4. The van der Waals surface area contributed by atoms with E-state index >= 15 is 0 Å². The summed E-state index contributed by atoms with van der Waals surface area (Å²) < 4.78 is 0. The van der Waals surface area contributed by atoms with Crippen LogP contribution in [0.2, 0.25) is 0 Å². The predicted octanol–water partition coefficient (Wildman–Crippen LogP) is 2.99. The lowest BCUT2D eigenvalue weighted by Crippen LogP contribution is -2.42. The zero-order valence-electron chi connectivity index (χ0n) is 20.9. The summed E-state index contributed by atoms with van der Waals surface area (Å²) in [5.41, 5.74) is 3.17. The molecule has 2 heterocycles. The number of rotatable bonds is 9. The number of amides is 2. The average molecular weight is 493 g/mol. The van der Waals surface area contributed by atoms with Gasteiger partial charge in [-0.1, -0.05) is 36.4 Å². The molecule has 8 nitrogen and oxygen atoms in total. The molecule has 2 amide bonds.